The average molecular weight is 521 g/mol. The van der Waals surface area contributed by atoms with Crippen LogP contribution in [-0.2, 0) is 7.05 Å². The van der Waals surface area contributed by atoms with E-state index in [1.807, 2.05) is 30.9 Å². The lowest BCUT2D eigenvalue weighted by molar-refractivity contribution is -0.00805. The highest BCUT2D eigenvalue weighted by atomic mass is 32.2. The molecule has 36 heavy (non-hydrogen) atoms. The lowest BCUT2D eigenvalue weighted by Crippen LogP contribution is -2.40. The fraction of sp³-hybridized carbons (Fsp3) is 0.520. The van der Waals surface area contributed by atoms with Crippen molar-refractivity contribution in [3.8, 4) is 0 Å². The number of nitrogens with zero attached hydrogens (tertiary/aromatic N) is 6. The summed E-state index contributed by atoms with van der Waals surface area (Å²) < 4.78 is 44.0. The number of hydrogen-bond acceptors (Lipinski definition) is 7. The molecule has 1 aromatic heterocycles. The highest BCUT2D eigenvalue weighted by Gasteiger charge is 2.42. The van der Waals surface area contributed by atoms with E-state index in [4.69, 9.17) is 0 Å². The van der Waals surface area contributed by atoms with E-state index in [1.54, 1.807) is 34.6 Å². The topological polar surface area (TPSA) is 60.7 Å². The molecule has 2 saturated heterocycles. The van der Waals surface area contributed by atoms with E-state index in [1.165, 1.54) is 0 Å². The van der Waals surface area contributed by atoms with Crippen molar-refractivity contribution in [3.05, 3.63) is 53.8 Å². The van der Waals surface area contributed by atoms with Gasteiger partial charge in [0.25, 0.3) is 0 Å². The van der Waals surface area contributed by atoms with Crippen molar-refractivity contribution in [1.82, 2.24) is 24.6 Å². The van der Waals surface area contributed by atoms with Crippen molar-refractivity contribution in [1.29, 1.82) is 0 Å². The number of halogens is 3. The SMILES string of the molecule is CN1C=CC(c2nnc(SCCCN3C[C@@H]4CCN(c5c(F)cc(F)cc5F)[C@@H]4C3)n2C)=CC1(C)O. The summed E-state index contributed by atoms with van der Waals surface area (Å²) in [7, 11) is 3.73. The summed E-state index contributed by atoms with van der Waals surface area (Å²) in [4.78, 5) is 5.86. The molecule has 3 aliphatic heterocycles. The molecule has 0 aliphatic carbocycles. The average Bonchev–Trinajstić information content (AvgIpc) is 3.48. The molecule has 194 valence electrons. The largest absolute Gasteiger partial charge is 0.368 e. The molecule has 1 aromatic carbocycles. The molecule has 0 radical (unpaired) electrons. The van der Waals surface area contributed by atoms with Crippen molar-refractivity contribution in [2.24, 2.45) is 13.0 Å². The van der Waals surface area contributed by atoms with Crippen LogP contribution in [-0.4, -0.2) is 80.4 Å². The number of fused-ring (bicyclic) bond motifs is 1. The van der Waals surface area contributed by atoms with Gasteiger partial charge < -0.3 is 24.4 Å². The summed E-state index contributed by atoms with van der Waals surface area (Å²) in [6, 6.07) is 1.56. The van der Waals surface area contributed by atoms with Crippen LogP contribution in [0, 0.1) is 23.4 Å². The Kier molecular flexibility index (Phi) is 6.82. The molecule has 1 unspecified atom stereocenters. The molecule has 1 N–H and O–H groups in total. The Morgan fingerprint density at radius 3 is 2.61 bits per heavy atom. The minimum absolute atomic E-state index is 0.0430. The molecule has 0 amide bonds. The Morgan fingerprint density at radius 1 is 1.14 bits per heavy atom. The maximum atomic E-state index is 14.4. The number of benzene rings is 1. The first kappa shape index (κ1) is 25.2. The second kappa shape index (κ2) is 9.75. The number of aromatic nitrogens is 3. The van der Waals surface area contributed by atoms with Gasteiger partial charge in [-0.25, -0.2) is 13.2 Å². The molecule has 7 nitrogen and oxygen atoms in total. The number of rotatable bonds is 7. The molecule has 0 spiro atoms. The van der Waals surface area contributed by atoms with Crippen LogP contribution in [0.1, 0.15) is 25.6 Å². The summed E-state index contributed by atoms with van der Waals surface area (Å²) in [5, 5.41) is 20.0. The molecule has 0 saturated carbocycles. The van der Waals surface area contributed by atoms with E-state index < -0.39 is 23.2 Å². The highest BCUT2D eigenvalue weighted by Crippen LogP contribution is 2.38. The van der Waals surface area contributed by atoms with Crippen molar-refractivity contribution in [2.45, 2.75) is 36.7 Å². The number of allylic oxidation sites excluding steroid dienone is 2. The van der Waals surface area contributed by atoms with Gasteiger partial charge in [-0.15, -0.1) is 10.2 Å². The first-order chi connectivity index (χ1) is 17.1. The van der Waals surface area contributed by atoms with Crippen molar-refractivity contribution in [3.63, 3.8) is 0 Å². The summed E-state index contributed by atoms with van der Waals surface area (Å²) in [6.45, 7) is 4.84. The molecular weight excluding hydrogens is 489 g/mol. The smallest absolute Gasteiger partial charge is 0.191 e. The van der Waals surface area contributed by atoms with Crippen molar-refractivity contribution in [2.75, 3.05) is 43.9 Å². The van der Waals surface area contributed by atoms with Crippen LogP contribution >= 0.6 is 11.8 Å². The van der Waals surface area contributed by atoms with Gasteiger partial charge in [-0.05, 0) is 44.4 Å². The van der Waals surface area contributed by atoms with Crippen LogP contribution in [0.25, 0.3) is 5.57 Å². The van der Waals surface area contributed by atoms with Crippen LogP contribution in [0.5, 0.6) is 0 Å². The lowest BCUT2D eigenvalue weighted by atomic mass is 10.0. The van der Waals surface area contributed by atoms with Gasteiger partial charge in [-0.2, -0.15) is 0 Å². The zero-order valence-electron chi connectivity index (χ0n) is 20.7. The van der Waals surface area contributed by atoms with Gasteiger partial charge in [0.15, 0.2) is 28.3 Å². The molecule has 5 rings (SSSR count). The van der Waals surface area contributed by atoms with E-state index in [2.05, 4.69) is 15.1 Å². The Labute approximate surface area is 213 Å². The zero-order chi connectivity index (χ0) is 25.6. The Bertz CT molecular complexity index is 1180. The third-order valence-electron chi connectivity index (χ3n) is 7.46. The molecule has 0 bridgehead atoms. The van der Waals surface area contributed by atoms with E-state index >= 15 is 0 Å². The molecule has 2 aromatic rings. The van der Waals surface area contributed by atoms with Crippen LogP contribution in [0.2, 0.25) is 0 Å². The standard InChI is InChI=1S/C25H31F3N6OS/c1-25(35)13-16(5-8-31(25)2)23-29-30-24(32(23)3)36-10-4-7-33-14-17-6-9-34(21(17)15-33)22-19(27)11-18(26)12-20(22)28/h5,8,11-13,17,21,35H,4,6-7,9-10,14-15H2,1-3H3/t17-,21+,25?/m0/s1. The van der Waals surface area contributed by atoms with Crippen LogP contribution in [0.15, 0.2) is 35.6 Å². The van der Waals surface area contributed by atoms with Gasteiger partial charge in [0.05, 0.1) is 0 Å². The number of hydrogen-bond donors (Lipinski definition) is 1. The van der Waals surface area contributed by atoms with Crippen LogP contribution in [0.4, 0.5) is 18.9 Å². The van der Waals surface area contributed by atoms with Gasteiger partial charge in [-0.3, -0.25) is 0 Å². The second-order valence-corrected chi connectivity index (χ2v) is 11.0. The highest BCUT2D eigenvalue weighted by molar-refractivity contribution is 7.99. The maximum absolute atomic E-state index is 14.4. The summed E-state index contributed by atoms with van der Waals surface area (Å²) in [5.41, 5.74) is -0.362. The fourth-order valence-corrected chi connectivity index (χ4v) is 6.22. The number of anilines is 1. The summed E-state index contributed by atoms with van der Waals surface area (Å²) in [6.07, 6.45) is 7.31. The third kappa shape index (κ3) is 4.76. The van der Waals surface area contributed by atoms with E-state index in [9.17, 15) is 18.3 Å². The molecular formula is C25H31F3N6OS. The van der Waals surface area contributed by atoms with Crippen LogP contribution in [0.3, 0.4) is 0 Å². The molecule has 3 aliphatic rings. The maximum Gasteiger partial charge on any atom is 0.191 e. The van der Waals surface area contributed by atoms with E-state index in [-0.39, 0.29) is 11.7 Å². The summed E-state index contributed by atoms with van der Waals surface area (Å²) in [5.74, 6) is -0.637. The molecule has 3 atom stereocenters. The van der Waals surface area contributed by atoms with Crippen molar-refractivity contribution < 1.29 is 18.3 Å². The van der Waals surface area contributed by atoms with Crippen molar-refractivity contribution >= 4 is 23.0 Å². The Balaban J connectivity index is 1.14. The van der Waals surface area contributed by atoms with E-state index in [0.717, 1.165) is 61.1 Å². The predicted octanol–water partition coefficient (Wildman–Crippen LogP) is 3.48. The minimum Gasteiger partial charge on any atom is -0.368 e. The van der Waals surface area contributed by atoms with Gasteiger partial charge in [-0.1, -0.05) is 11.8 Å². The summed E-state index contributed by atoms with van der Waals surface area (Å²) >= 11 is 1.63. The predicted molar refractivity (Wildman–Crippen MR) is 134 cm³/mol. The number of aliphatic hydroxyl groups is 1. The normalized spacial score (nSPS) is 26.1. The number of thioether (sulfide) groups is 1. The Hall–Kier alpha value is -2.50. The lowest BCUT2D eigenvalue weighted by Gasteiger charge is -2.33. The zero-order valence-corrected chi connectivity index (χ0v) is 21.5. The van der Waals surface area contributed by atoms with Crippen LogP contribution < -0.4 is 4.90 Å². The monoisotopic (exact) mass is 520 g/mol. The second-order valence-electron chi connectivity index (χ2n) is 9.97. The van der Waals surface area contributed by atoms with Gasteiger partial charge in [0.2, 0.25) is 0 Å². The third-order valence-corrected chi connectivity index (χ3v) is 8.56. The first-order valence-electron chi connectivity index (χ1n) is 12.2. The number of likely N-dealkylation sites (tertiary alicyclic amines) is 1. The molecule has 4 heterocycles. The van der Waals surface area contributed by atoms with Gasteiger partial charge in [0.1, 0.15) is 11.5 Å². The number of likely N-dealkylation sites (N-methyl/N-ethyl adjacent to an activating group) is 1. The Morgan fingerprint density at radius 2 is 1.89 bits per heavy atom. The van der Waals surface area contributed by atoms with Gasteiger partial charge >= 0.3 is 0 Å². The van der Waals surface area contributed by atoms with Gasteiger partial charge in [0, 0.05) is 69.4 Å². The minimum atomic E-state index is -1.08. The molecule has 11 heteroatoms. The van der Waals surface area contributed by atoms with E-state index in [0.29, 0.717) is 18.3 Å². The fourth-order valence-electron chi connectivity index (χ4n) is 5.39. The first-order valence-corrected chi connectivity index (χ1v) is 13.1. The molecule has 2 fully saturated rings. The quantitative estimate of drug-likeness (QED) is 0.443.